The minimum absolute atomic E-state index is 0.849. The fourth-order valence-electron chi connectivity index (χ4n) is 1.47. The SMILES string of the molecule is Brc1cnc2c(Sc3ncc[nH]3)ccnc2c1. The first kappa shape index (κ1) is 10.7. The van der Waals surface area contributed by atoms with Crippen LogP contribution in [0.1, 0.15) is 0 Å². The van der Waals surface area contributed by atoms with Gasteiger partial charge in [0.05, 0.1) is 5.52 Å². The van der Waals surface area contributed by atoms with Crippen molar-refractivity contribution in [2.24, 2.45) is 0 Å². The second kappa shape index (κ2) is 4.46. The van der Waals surface area contributed by atoms with Crippen molar-refractivity contribution in [2.45, 2.75) is 10.1 Å². The predicted molar refractivity (Wildman–Crippen MR) is 69.9 cm³/mol. The van der Waals surface area contributed by atoms with E-state index < -0.39 is 0 Å². The van der Waals surface area contributed by atoms with E-state index in [4.69, 9.17) is 0 Å². The number of fused-ring (bicyclic) bond motifs is 1. The van der Waals surface area contributed by atoms with Gasteiger partial charge in [-0.15, -0.1) is 0 Å². The summed E-state index contributed by atoms with van der Waals surface area (Å²) in [7, 11) is 0. The Morgan fingerprint density at radius 3 is 2.94 bits per heavy atom. The highest BCUT2D eigenvalue weighted by Crippen LogP contribution is 2.30. The van der Waals surface area contributed by atoms with Gasteiger partial charge in [-0.3, -0.25) is 9.97 Å². The van der Waals surface area contributed by atoms with Gasteiger partial charge in [-0.2, -0.15) is 0 Å². The molecule has 0 aliphatic heterocycles. The lowest BCUT2D eigenvalue weighted by molar-refractivity contribution is 1.06. The molecule has 84 valence electrons. The first-order chi connectivity index (χ1) is 8.33. The summed E-state index contributed by atoms with van der Waals surface area (Å²) in [5, 5.41) is 0.849. The monoisotopic (exact) mass is 306 g/mol. The number of hydrogen-bond acceptors (Lipinski definition) is 4. The Balaban J connectivity index is 2.10. The van der Waals surface area contributed by atoms with E-state index in [0.29, 0.717) is 0 Å². The summed E-state index contributed by atoms with van der Waals surface area (Å²) in [6, 6.07) is 3.89. The number of pyridine rings is 2. The fourth-order valence-corrected chi connectivity index (χ4v) is 2.63. The summed E-state index contributed by atoms with van der Waals surface area (Å²) < 4.78 is 0.928. The van der Waals surface area contributed by atoms with Crippen LogP contribution in [0.5, 0.6) is 0 Å². The molecule has 0 saturated heterocycles. The van der Waals surface area contributed by atoms with Crippen LogP contribution in [0, 0.1) is 0 Å². The first-order valence-electron chi connectivity index (χ1n) is 4.90. The fraction of sp³-hybridized carbons (Fsp3) is 0. The lowest BCUT2D eigenvalue weighted by Crippen LogP contribution is -1.86. The quantitative estimate of drug-likeness (QED) is 0.789. The maximum Gasteiger partial charge on any atom is 0.170 e. The molecule has 0 bridgehead atoms. The molecule has 1 N–H and O–H groups in total. The molecule has 3 rings (SSSR count). The molecule has 3 heterocycles. The van der Waals surface area contributed by atoms with Crippen LogP contribution in [-0.4, -0.2) is 19.9 Å². The molecule has 0 amide bonds. The van der Waals surface area contributed by atoms with Gasteiger partial charge in [0.2, 0.25) is 0 Å². The van der Waals surface area contributed by atoms with Crippen LogP contribution in [0.15, 0.2) is 51.4 Å². The van der Waals surface area contributed by atoms with Gasteiger partial charge in [-0.1, -0.05) is 0 Å². The Bertz CT molecular complexity index is 654. The lowest BCUT2D eigenvalue weighted by atomic mass is 10.3. The summed E-state index contributed by atoms with van der Waals surface area (Å²) in [5.74, 6) is 0. The largest absolute Gasteiger partial charge is 0.339 e. The normalized spacial score (nSPS) is 10.9. The molecule has 0 unspecified atom stereocenters. The Kier molecular flexibility index (Phi) is 2.82. The molecule has 3 aromatic heterocycles. The number of hydrogen-bond donors (Lipinski definition) is 1. The molecule has 6 heteroatoms. The minimum atomic E-state index is 0.849. The number of aromatic amines is 1. The highest BCUT2D eigenvalue weighted by molar-refractivity contribution is 9.10. The van der Waals surface area contributed by atoms with Crippen molar-refractivity contribution in [1.29, 1.82) is 0 Å². The Labute approximate surface area is 110 Å². The van der Waals surface area contributed by atoms with E-state index in [9.17, 15) is 0 Å². The number of halogens is 1. The molecule has 0 aliphatic rings. The van der Waals surface area contributed by atoms with Gasteiger partial charge in [0.25, 0.3) is 0 Å². The zero-order chi connectivity index (χ0) is 11.7. The van der Waals surface area contributed by atoms with Crippen LogP contribution >= 0.6 is 27.7 Å². The first-order valence-corrected chi connectivity index (χ1v) is 6.51. The third kappa shape index (κ3) is 2.18. The summed E-state index contributed by atoms with van der Waals surface area (Å²) in [5.41, 5.74) is 1.76. The topological polar surface area (TPSA) is 54.5 Å². The van der Waals surface area contributed by atoms with Crippen LogP contribution in [0.3, 0.4) is 0 Å². The zero-order valence-corrected chi connectivity index (χ0v) is 11.0. The molecule has 4 nitrogen and oxygen atoms in total. The van der Waals surface area contributed by atoms with E-state index in [1.807, 2.05) is 12.1 Å². The van der Waals surface area contributed by atoms with Gasteiger partial charge in [0, 0.05) is 34.2 Å². The average molecular weight is 307 g/mol. The predicted octanol–water partition coefficient (Wildman–Crippen LogP) is 3.27. The van der Waals surface area contributed by atoms with Crippen LogP contribution < -0.4 is 0 Å². The van der Waals surface area contributed by atoms with Gasteiger partial charge < -0.3 is 4.98 Å². The molecule has 0 aliphatic carbocycles. The number of H-pyrrole nitrogens is 1. The highest BCUT2D eigenvalue weighted by Gasteiger charge is 2.06. The van der Waals surface area contributed by atoms with Gasteiger partial charge >= 0.3 is 0 Å². The second-order valence-electron chi connectivity index (χ2n) is 3.33. The van der Waals surface area contributed by atoms with Crippen LogP contribution in [0.2, 0.25) is 0 Å². The summed E-state index contributed by atoms with van der Waals surface area (Å²) in [6.45, 7) is 0. The van der Waals surface area contributed by atoms with E-state index in [1.54, 1.807) is 36.5 Å². The smallest absolute Gasteiger partial charge is 0.170 e. The summed E-state index contributed by atoms with van der Waals surface area (Å²) in [6.07, 6.45) is 7.09. The zero-order valence-electron chi connectivity index (χ0n) is 8.59. The van der Waals surface area contributed by atoms with Gasteiger partial charge in [-0.05, 0) is 39.8 Å². The molecule has 0 radical (unpaired) electrons. The van der Waals surface area contributed by atoms with Crippen LogP contribution in [0.4, 0.5) is 0 Å². The minimum Gasteiger partial charge on any atom is -0.339 e. The summed E-state index contributed by atoms with van der Waals surface area (Å²) >= 11 is 4.93. The van der Waals surface area contributed by atoms with Crippen LogP contribution in [0.25, 0.3) is 11.0 Å². The Morgan fingerprint density at radius 1 is 1.18 bits per heavy atom. The molecular formula is C11H7BrN4S. The molecule has 3 aromatic rings. The number of nitrogens with zero attached hydrogens (tertiary/aromatic N) is 3. The van der Waals surface area contributed by atoms with Crippen molar-refractivity contribution < 1.29 is 0 Å². The number of nitrogens with one attached hydrogen (secondary N) is 1. The van der Waals surface area contributed by atoms with E-state index in [0.717, 1.165) is 25.6 Å². The number of aromatic nitrogens is 4. The standard InChI is InChI=1S/C11H7BrN4S/c12-7-5-8-10(16-6-7)9(1-2-13-8)17-11-14-3-4-15-11/h1-6H,(H,14,15). The molecule has 0 spiro atoms. The molecule has 0 saturated carbocycles. The van der Waals surface area contributed by atoms with E-state index in [-0.39, 0.29) is 0 Å². The van der Waals surface area contributed by atoms with Gasteiger partial charge in [0.1, 0.15) is 5.52 Å². The molecule has 0 fully saturated rings. The van der Waals surface area contributed by atoms with Crippen molar-refractivity contribution in [3.8, 4) is 0 Å². The van der Waals surface area contributed by atoms with Gasteiger partial charge in [0.15, 0.2) is 5.16 Å². The molecular weight excluding hydrogens is 300 g/mol. The number of rotatable bonds is 2. The molecule has 0 atom stereocenters. The average Bonchev–Trinajstić information content (AvgIpc) is 2.82. The van der Waals surface area contributed by atoms with E-state index in [1.165, 1.54) is 0 Å². The third-order valence-electron chi connectivity index (χ3n) is 2.19. The van der Waals surface area contributed by atoms with Crippen molar-refractivity contribution in [3.05, 3.63) is 41.4 Å². The van der Waals surface area contributed by atoms with E-state index in [2.05, 4.69) is 35.9 Å². The molecule has 0 aromatic carbocycles. The summed E-state index contributed by atoms with van der Waals surface area (Å²) in [4.78, 5) is 17.0. The van der Waals surface area contributed by atoms with E-state index >= 15 is 0 Å². The maximum absolute atomic E-state index is 4.39. The lowest BCUT2D eigenvalue weighted by Gasteiger charge is -2.02. The van der Waals surface area contributed by atoms with Crippen molar-refractivity contribution in [2.75, 3.05) is 0 Å². The van der Waals surface area contributed by atoms with Crippen molar-refractivity contribution in [3.63, 3.8) is 0 Å². The van der Waals surface area contributed by atoms with Gasteiger partial charge in [-0.25, -0.2) is 4.98 Å². The molecule has 17 heavy (non-hydrogen) atoms. The van der Waals surface area contributed by atoms with Crippen molar-refractivity contribution >= 4 is 38.7 Å². The number of imidazole rings is 1. The Hall–Kier alpha value is -1.40. The van der Waals surface area contributed by atoms with Crippen LogP contribution in [-0.2, 0) is 0 Å². The maximum atomic E-state index is 4.39. The second-order valence-corrected chi connectivity index (χ2v) is 5.27. The highest BCUT2D eigenvalue weighted by atomic mass is 79.9. The van der Waals surface area contributed by atoms with Crippen molar-refractivity contribution in [1.82, 2.24) is 19.9 Å². The third-order valence-corrected chi connectivity index (χ3v) is 3.59. The Morgan fingerprint density at radius 2 is 2.12 bits per heavy atom.